The maximum Gasteiger partial charge on any atom is 0.191 e. The van der Waals surface area contributed by atoms with Gasteiger partial charge in [-0.05, 0) is 68.8 Å². The highest BCUT2D eigenvalue weighted by Gasteiger charge is 2.23. The summed E-state index contributed by atoms with van der Waals surface area (Å²) in [5, 5.41) is 6.99. The standard InChI is InChI=1S/C25H37N5O/c1-26-25(27-17-20-7-9-21(10-8-20)19-29(2)3)28-18-24(30-15-5-6-16-30)22-11-13-23(31-4)14-12-22/h7-14,24H,5-6,15-19H2,1-4H3,(H2,26,27,28). The smallest absolute Gasteiger partial charge is 0.191 e. The molecule has 0 amide bonds. The van der Waals surface area contributed by atoms with Crippen molar-refractivity contribution in [3.8, 4) is 5.75 Å². The summed E-state index contributed by atoms with van der Waals surface area (Å²) in [5.41, 5.74) is 3.88. The van der Waals surface area contributed by atoms with Crippen molar-refractivity contribution in [2.75, 3.05) is 47.9 Å². The van der Waals surface area contributed by atoms with Crippen molar-refractivity contribution in [1.29, 1.82) is 0 Å². The Labute approximate surface area is 187 Å². The lowest BCUT2D eigenvalue weighted by atomic mass is 10.1. The Morgan fingerprint density at radius 3 is 2.23 bits per heavy atom. The number of aliphatic imine (C=N–C) groups is 1. The van der Waals surface area contributed by atoms with E-state index in [1.54, 1.807) is 7.11 Å². The van der Waals surface area contributed by atoms with Gasteiger partial charge < -0.3 is 20.3 Å². The molecule has 168 valence electrons. The Balaban J connectivity index is 1.57. The summed E-state index contributed by atoms with van der Waals surface area (Å²) in [6.07, 6.45) is 2.53. The second kappa shape index (κ2) is 11.7. The Hall–Kier alpha value is -2.57. The average molecular weight is 424 g/mol. The van der Waals surface area contributed by atoms with Gasteiger partial charge >= 0.3 is 0 Å². The Kier molecular flexibility index (Phi) is 8.74. The van der Waals surface area contributed by atoms with E-state index >= 15 is 0 Å². The third-order valence-electron chi connectivity index (χ3n) is 5.75. The van der Waals surface area contributed by atoms with Gasteiger partial charge in [-0.1, -0.05) is 36.4 Å². The molecular weight excluding hydrogens is 386 g/mol. The summed E-state index contributed by atoms with van der Waals surface area (Å²) in [6.45, 7) is 4.81. The van der Waals surface area contributed by atoms with Crippen molar-refractivity contribution >= 4 is 5.96 Å². The third kappa shape index (κ3) is 6.97. The first-order chi connectivity index (χ1) is 15.1. The van der Waals surface area contributed by atoms with Crippen LogP contribution in [-0.2, 0) is 13.1 Å². The van der Waals surface area contributed by atoms with Crippen molar-refractivity contribution in [1.82, 2.24) is 20.4 Å². The highest BCUT2D eigenvalue weighted by atomic mass is 16.5. The van der Waals surface area contributed by atoms with Gasteiger partial charge in [-0.3, -0.25) is 9.89 Å². The normalized spacial score (nSPS) is 15.8. The number of methoxy groups -OCH3 is 1. The highest BCUT2D eigenvalue weighted by Crippen LogP contribution is 2.26. The molecule has 0 aliphatic carbocycles. The van der Waals surface area contributed by atoms with Crippen molar-refractivity contribution < 1.29 is 4.74 Å². The van der Waals surface area contributed by atoms with Crippen LogP contribution in [0.25, 0.3) is 0 Å². The molecule has 1 aliphatic rings. The Bertz CT molecular complexity index is 811. The van der Waals surface area contributed by atoms with Crippen molar-refractivity contribution in [3.05, 3.63) is 65.2 Å². The number of nitrogens with zero attached hydrogens (tertiary/aromatic N) is 3. The second-order valence-corrected chi connectivity index (χ2v) is 8.39. The largest absolute Gasteiger partial charge is 0.497 e. The Morgan fingerprint density at radius 1 is 1.00 bits per heavy atom. The Morgan fingerprint density at radius 2 is 1.65 bits per heavy atom. The lowest BCUT2D eigenvalue weighted by molar-refractivity contribution is 0.245. The van der Waals surface area contributed by atoms with Crippen LogP contribution in [0.3, 0.4) is 0 Å². The summed E-state index contributed by atoms with van der Waals surface area (Å²) >= 11 is 0. The first-order valence-corrected chi connectivity index (χ1v) is 11.1. The molecule has 3 rings (SSSR count). The van der Waals surface area contributed by atoms with Crippen LogP contribution in [0, 0.1) is 0 Å². The number of benzene rings is 2. The van der Waals surface area contributed by atoms with E-state index in [2.05, 4.69) is 75.9 Å². The SMILES string of the molecule is CN=C(NCc1ccc(CN(C)C)cc1)NCC(c1ccc(OC)cc1)N1CCCC1. The summed E-state index contributed by atoms with van der Waals surface area (Å²) in [6, 6.07) is 17.5. The molecule has 0 aromatic heterocycles. The van der Waals surface area contributed by atoms with Crippen LogP contribution < -0.4 is 15.4 Å². The molecule has 2 aromatic rings. The predicted molar refractivity (Wildman–Crippen MR) is 129 cm³/mol. The zero-order valence-corrected chi connectivity index (χ0v) is 19.4. The monoisotopic (exact) mass is 423 g/mol. The van der Waals surface area contributed by atoms with Gasteiger partial charge in [0.05, 0.1) is 13.2 Å². The average Bonchev–Trinajstić information content (AvgIpc) is 3.31. The molecule has 31 heavy (non-hydrogen) atoms. The van der Waals surface area contributed by atoms with Gasteiger partial charge in [0.25, 0.3) is 0 Å². The van der Waals surface area contributed by atoms with Crippen LogP contribution in [-0.4, -0.2) is 63.6 Å². The van der Waals surface area contributed by atoms with E-state index in [9.17, 15) is 0 Å². The molecule has 2 aromatic carbocycles. The minimum atomic E-state index is 0.317. The molecule has 0 spiro atoms. The number of guanidine groups is 1. The van der Waals surface area contributed by atoms with Gasteiger partial charge in [0.2, 0.25) is 0 Å². The zero-order chi connectivity index (χ0) is 22.1. The van der Waals surface area contributed by atoms with Gasteiger partial charge in [0, 0.05) is 26.7 Å². The van der Waals surface area contributed by atoms with E-state index in [1.807, 2.05) is 19.2 Å². The van der Waals surface area contributed by atoms with Crippen molar-refractivity contribution in [3.63, 3.8) is 0 Å². The molecule has 1 aliphatic heterocycles. The first kappa shape index (κ1) is 23.1. The summed E-state index contributed by atoms with van der Waals surface area (Å²) in [4.78, 5) is 9.17. The number of likely N-dealkylation sites (tertiary alicyclic amines) is 1. The molecule has 6 nitrogen and oxygen atoms in total. The quantitative estimate of drug-likeness (QED) is 0.479. The third-order valence-corrected chi connectivity index (χ3v) is 5.75. The topological polar surface area (TPSA) is 52.1 Å². The molecule has 2 N–H and O–H groups in total. The maximum atomic E-state index is 5.33. The van der Waals surface area contributed by atoms with E-state index in [4.69, 9.17) is 4.74 Å². The van der Waals surface area contributed by atoms with E-state index in [0.29, 0.717) is 6.04 Å². The van der Waals surface area contributed by atoms with Crippen molar-refractivity contribution in [2.24, 2.45) is 4.99 Å². The minimum Gasteiger partial charge on any atom is -0.497 e. The first-order valence-electron chi connectivity index (χ1n) is 11.1. The van der Waals surface area contributed by atoms with Gasteiger partial charge in [0.1, 0.15) is 5.75 Å². The molecule has 0 radical (unpaired) electrons. The molecule has 1 heterocycles. The fourth-order valence-corrected chi connectivity index (χ4v) is 4.06. The fraction of sp³-hybridized carbons (Fsp3) is 0.480. The van der Waals surface area contributed by atoms with Crippen LogP contribution in [0.2, 0.25) is 0 Å². The highest BCUT2D eigenvalue weighted by molar-refractivity contribution is 5.79. The molecular formula is C25H37N5O. The van der Waals surface area contributed by atoms with Gasteiger partial charge in [-0.15, -0.1) is 0 Å². The summed E-state index contributed by atoms with van der Waals surface area (Å²) in [7, 11) is 7.71. The summed E-state index contributed by atoms with van der Waals surface area (Å²) in [5.74, 6) is 1.72. The number of nitrogens with one attached hydrogen (secondary N) is 2. The summed E-state index contributed by atoms with van der Waals surface area (Å²) < 4.78 is 5.33. The lowest BCUT2D eigenvalue weighted by Crippen LogP contribution is -2.42. The predicted octanol–water partition coefficient (Wildman–Crippen LogP) is 3.26. The number of hydrogen-bond donors (Lipinski definition) is 2. The molecule has 1 saturated heterocycles. The van der Waals surface area contributed by atoms with Crippen LogP contribution in [0.4, 0.5) is 0 Å². The molecule has 6 heteroatoms. The minimum absolute atomic E-state index is 0.317. The fourth-order valence-electron chi connectivity index (χ4n) is 4.06. The van der Waals surface area contributed by atoms with Gasteiger partial charge in [0.15, 0.2) is 5.96 Å². The van der Waals surface area contributed by atoms with E-state index in [0.717, 1.165) is 44.4 Å². The van der Waals surface area contributed by atoms with Crippen LogP contribution in [0.5, 0.6) is 5.75 Å². The van der Waals surface area contributed by atoms with Crippen LogP contribution in [0.1, 0.15) is 35.6 Å². The maximum absolute atomic E-state index is 5.33. The van der Waals surface area contributed by atoms with Crippen molar-refractivity contribution in [2.45, 2.75) is 32.0 Å². The van der Waals surface area contributed by atoms with E-state index in [1.165, 1.54) is 29.5 Å². The van der Waals surface area contributed by atoms with Crippen LogP contribution in [0.15, 0.2) is 53.5 Å². The van der Waals surface area contributed by atoms with Gasteiger partial charge in [-0.2, -0.15) is 0 Å². The van der Waals surface area contributed by atoms with E-state index in [-0.39, 0.29) is 0 Å². The second-order valence-electron chi connectivity index (χ2n) is 8.39. The number of hydrogen-bond acceptors (Lipinski definition) is 4. The lowest BCUT2D eigenvalue weighted by Gasteiger charge is -2.29. The van der Waals surface area contributed by atoms with Gasteiger partial charge in [-0.25, -0.2) is 0 Å². The molecule has 1 unspecified atom stereocenters. The molecule has 0 saturated carbocycles. The van der Waals surface area contributed by atoms with E-state index < -0.39 is 0 Å². The molecule has 1 fully saturated rings. The molecule has 1 atom stereocenters. The number of rotatable bonds is 9. The van der Waals surface area contributed by atoms with Crippen LogP contribution >= 0.6 is 0 Å². The zero-order valence-electron chi connectivity index (χ0n) is 19.4. The molecule has 0 bridgehead atoms. The number of ether oxygens (including phenoxy) is 1.